The highest BCUT2D eigenvalue weighted by Gasteiger charge is 2.51. The lowest BCUT2D eigenvalue weighted by Crippen LogP contribution is -2.59. The summed E-state index contributed by atoms with van der Waals surface area (Å²) in [7, 11) is 0. The lowest BCUT2D eigenvalue weighted by Gasteiger charge is -2.45. The van der Waals surface area contributed by atoms with E-state index < -0.39 is 17.9 Å². The van der Waals surface area contributed by atoms with Crippen LogP contribution in [0.25, 0.3) is 0 Å². The van der Waals surface area contributed by atoms with Gasteiger partial charge in [0.05, 0.1) is 12.1 Å². The van der Waals surface area contributed by atoms with E-state index in [4.69, 9.17) is 9.47 Å². The van der Waals surface area contributed by atoms with Gasteiger partial charge in [0.15, 0.2) is 6.29 Å². The molecule has 0 spiro atoms. The number of aliphatic hydroxyl groups is 1. The predicted octanol–water partition coefficient (Wildman–Crippen LogP) is 3.28. The fourth-order valence-electron chi connectivity index (χ4n) is 4.17. The smallest absolute Gasteiger partial charge is 0.331 e. The molecule has 26 heavy (non-hydrogen) atoms. The van der Waals surface area contributed by atoms with Gasteiger partial charge in [0.1, 0.15) is 5.60 Å². The largest absolute Gasteiger partial charge is 0.453 e. The number of rotatable bonds is 1. The van der Waals surface area contributed by atoms with Crippen LogP contribution >= 0.6 is 11.8 Å². The number of carbonyl (C=O) groups excluding carboxylic acids is 2. The maximum Gasteiger partial charge on any atom is 0.331 e. The Labute approximate surface area is 159 Å². The highest BCUT2D eigenvalue weighted by molar-refractivity contribution is 8.14. The molecule has 7 heteroatoms. The monoisotopic (exact) mass is 383 g/mol. The molecule has 3 aliphatic heterocycles. The van der Waals surface area contributed by atoms with E-state index in [1.807, 2.05) is 6.92 Å². The number of carbonyl (C=O) groups is 2. The summed E-state index contributed by atoms with van der Waals surface area (Å²) in [6.45, 7) is 1.95. The molecule has 2 bridgehead atoms. The van der Waals surface area contributed by atoms with E-state index >= 15 is 0 Å². The molecule has 4 atom stereocenters. The minimum atomic E-state index is -0.984. The van der Waals surface area contributed by atoms with Gasteiger partial charge in [0.25, 0.3) is 5.24 Å². The van der Waals surface area contributed by atoms with Gasteiger partial charge in [-0.2, -0.15) is 0 Å². The van der Waals surface area contributed by atoms with Crippen molar-refractivity contribution in [3.8, 4) is 0 Å². The Morgan fingerprint density at radius 1 is 1.19 bits per heavy atom. The van der Waals surface area contributed by atoms with Crippen LogP contribution in [0.4, 0.5) is 4.79 Å². The van der Waals surface area contributed by atoms with E-state index in [1.165, 1.54) is 18.2 Å². The summed E-state index contributed by atoms with van der Waals surface area (Å²) in [5, 5.41) is 13.1. The predicted molar refractivity (Wildman–Crippen MR) is 99.8 cm³/mol. The molecule has 2 fully saturated rings. The van der Waals surface area contributed by atoms with Gasteiger partial charge in [-0.15, -0.1) is 0 Å². The lowest BCUT2D eigenvalue weighted by molar-refractivity contribution is -0.233. The number of aliphatic hydroxyl groups excluding tert-OH is 1. The first kappa shape index (κ1) is 19.7. The van der Waals surface area contributed by atoms with Crippen LogP contribution in [-0.2, 0) is 14.3 Å². The van der Waals surface area contributed by atoms with Crippen molar-refractivity contribution in [2.45, 2.75) is 88.7 Å². The van der Waals surface area contributed by atoms with E-state index in [1.54, 1.807) is 6.08 Å². The molecule has 0 radical (unpaired) electrons. The second-order valence-corrected chi connectivity index (χ2v) is 8.69. The van der Waals surface area contributed by atoms with Crippen molar-refractivity contribution in [1.29, 1.82) is 0 Å². The zero-order valence-corrected chi connectivity index (χ0v) is 16.2. The highest BCUT2D eigenvalue weighted by atomic mass is 32.2. The molecule has 0 aromatic carbocycles. The van der Waals surface area contributed by atoms with Gasteiger partial charge >= 0.3 is 5.97 Å². The molecule has 2 saturated heterocycles. The van der Waals surface area contributed by atoms with E-state index in [0.29, 0.717) is 12.2 Å². The molecule has 0 unspecified atom stereocenters. The second kappa shape index (κ2) is 8.76. The average Bonchev–Trinajstić information content (AvgIpc) is 2.99. The van der Waals surface area contributed by atoms with Crippen molar-refractivity contribution >= 4 is 23.0 Å². The van der Waals surface area contributed by atoms with E-state index in [-0.39, 0.29) is 23.8 Å². The SMILES string of the molecule is CC1=CC(=O)O[C@]2([C@@H]3CSC(=O)N3)C[C@@H](CCCCCCC1)O[C@@H](O)C2. The summed E-state index contributed by atoms with van der Waals surface area (Å²) >= 11 is 1.20. The zero-order valence-electron chi connectivity index (χ0n) is 15.4. The molecular formula is C19H29NO5S. The van der Waals surface area contributed by atoms with Gasteiger partial charge in [-0.05, 0) is 26.2 Å². The van der Waals surface area contributed by atoms with Crippen LogP contribution in [0.15, 0.2) is 11.6 Å². The first-order valence-corrected chi connectivity index (χ1v) is 10.6. The van der Waals surface area contributed by atoms with Crippen molar-refractivity contribution in [1.82, 2.24) is 5.32 Å². The Morgan fingerprint density at radius 3 is 2.73 bits per heavy atom. The molecular weight excluding hydrogens is 354 g/mol. The number of hydrogen-bond acceptors (Lipinski definition) is 6. The number of fused-ring (bicyclic) bond motifs is 2. The van der Waals surface area contributed by atoms with Crippen molar-refractivity contribution < 1.29 is 24.2 Å². The fraction of sp³-hybridized carbons (Fsp3) is 0.789. The Balaban J connectivity index is 1.85. The summed E-state index contributed by atoms with van der Waals surface area (Å²) in [5.74, 6) is 0.146. The molecule has 0 aromatic heterocycles. The maximum atomic E-state index is 12.6. The molecule has 0 aromatic rings. The van der Waals surface area contributed by atoms with Gasteiger partial charge in [0, 0.05) is 24.7 Å². The van der Waals surface area contributed by atoms with Crippen molar-refractivity contribution in [2.24, 2.45) is 0 Å². The van der Waals surface area contributed by atoms with E-state index in [9.17, 15) is 14.7 Å². The Hall–Kier alpha value is -1.05. The molecule has 3 rings (SSSR count). The van der Waals surface area contributed by atoms with E-state index in [2.05, 4.69) is 5.32 Å². The van der Waals surface area contributed by atoms with Crippen LogP contribution in [0.3, 0.4) is 0 Å². The molecule has 3 heterocycles. The number of hydrogen-bond donors (Lipinski definition) is 2. The van der Waals surface area contributed by atoms with Crippen molar-refractivity contribution in [2.75, 3.05) is 5.75 Å². The van der Waals surface area contributed by atoms with E-state index in [0.717, 1.165) is 44.1 Å². The first-order chi connectivity index (χ1) is 12.5. The normalized spacial score (nSPS) is 37.3. The molecule has 1 amide bonds. The van der Waals surface area contributed by atoms with Gasteiger partial charge in [-0.3, -0.25) is 4.79 Å². The number of allylic oxidation sites excluding steroid dienone is 1. The number of nitrogens with one attached hydrogen (secondary N) is 1. The average molecular weight is 384 g/mol. The molecule has 3 aliphatic rings. The van der Waals surface area contributed by atoms with Gasteiger partial charge in [0.2, 0.25) is 0 Å². The third kappa shape index (κ3) is 5.02. The summed E-state index contributed by atoms with van der Waals surface area (Å²) < 4.78 is 11.7. The quantitative estimate of drug-likeness (QED) is 0.676. The number of thioether (sulfide) groups is 1. The van der Waals surface area contributed by atoms with Gasteiger partial charge in [-0.1, -0.05) is 43.0 Å². The maximum absolute atomic E-state index is 12.6. The Morgan fingerprint density at radius 2 is 1.96 bits per heavy atom. The third-order valence-electron chi connectivity index (χ3n) is 5.52. The minimum absolute atomic E-state index is 0.107. The van der Waals surface area contributed by atoms with Crippen LogP contribution < -0.4 is 5.32 Å². The topological polar surface area (TPSA) is 84.9 Å². The summed E-state index contributed by atoms with van der Waals surface area (Å²) in [5.41, 5.74) is 0.0932. The molecule has 146 valence electrons. The summed E-state index contributed by atoms with van der Waals surface area (Å²) in [6.07, 6.45) is 8.42. The molecule has 0 aliphatic carbocycles. The van der Waals surface area contributed by atoms with Crippen LogP contribution in [0.1, 0.15) is 64.7 Å². The van der Waals surface area contributed by atoms with Crippen molar-refractivity contribution in [3.63, 3.8) is 0 Å². The van der Waals surface area contributed by atoms with Crippen LogP contribution in [0.2, 0.25) is 0 Å². The van der Waals surface area contributed by atoms with Gasteiger partial charge in [-0.25, -0.2) is 4.79 Å². The minimum Gasteiger partial charge on any atom is -0.453 e. The van der Waals surface area contributed by atoms with Gasteiger partial charge < -0.3 is 19.9 Å². The Bertz CT molecular complexity index is 566. The van der Waals surface area contributed by atoms with Crippen LogP contribution in [0, 0.1) is 0 Å². The van der Waals surface area contributed by atoms with Crippen LogP contribution in [0.5, 0.6) is 0 Å². The molecule has 6 nitrogen and oxygen atoms in total. The Kier molecular flexibility index (Phi) is 6.64. The molecule has 0 saturated carbocycles. The number of ether oxygens (including phenoxy) is 2. The lowest BCUT2D eigenvalue weighted by atomic mass is 9.81. The summed E-state index contributed by atoms with van der Waals surface area (Å²) in [4.78, 5) is 24.3. The zero-order chi connectivity index (χ0) is 18.6. The van der Waals surface area contributed by atoms with Crippen LogP contribution in [-0.4, -0.2) is 46.1 Å². The number of esters is 1. The third-order valence-corrected chi connectivity index (χ3v) is 6.40. The highest BCUT2D eigenvalue weighted by Crippen LogP contribution is 2.39. The van der Waals surface area contributed by atoms with Crippen molar-refractivity contribution in [3.05, 3.63) is 11.6 Å². The fourth-order valence-corrected chi connectivity index (χ4v) is 5.10. The second-order valence-electron chi connectivity index (χ2n) is 7.70. The standard InChI is InChI=1S/C19H29NO5S/c1-13-7-5-3-2-4-6-8-14-10-19(11-17(22)24-14,25-16(21)9-13)15-12-26-18(23)20-15/h9,14-15,17,22H,2-8,10-12H2,1H3,(H,20,23)/t14-,15+,17-,19-/m1/s1. The molecule has 2 N–H and O–H groups in total. The summed E-state index contributed by atoms with van der Waals surface area (Å²) in [6, 6.07) is -0.299. The number of amides is 1. The first-order valence-electron chi connectivity index (χ1n) is 9.64.